The maximum Gasteiger partial charge on any atom is 0.509 e. The number of benzene rings is 1. The van der Waals surface area contributed by atoms with Crippen molar-refractivity contribution in [2.75, 3.05) is 6.61 Å². The molecule has 318 valence electrons. The number of nitrogens with one attached hydrogen (secondary N) is 1. The molecule has 2 bridgehead atoms. The lowest BCUT2D eigenvalue weighted by molar-refractivity contribution is -0.345. The van der Waals surface area contributed by atoms with E-state index in [4.69, 9.17) is 33.2 Å². The number of hydrogen-bond acceptors (Lipinski definition) is 16. The molecule has 17 nitrogen and oxygen atoms in total. The van der Waals surface area contributed by atoms with Crippen LogP contribution < -0.4 is 5.32 Å². The van der Waals surface area contributed by atoms with Crippen LogP contribution in [-0.4, -0.2) is 123 Å². The molecule has 2 saturated carbocycles. The Hall–Kier alpha value is -4.58. The van der Waals surface area contributed by atoms with E-state index < -0.39 is 118 Å². The zero-order chi connectivity index (χ0) is 42.9. The summed E-state index contributed by atoms with van der Waals surface area (Å²) in [5.41, 5.74) is -8.81. The van der Waals surface area contributed by atoms with E-state index >= 15 is 4.79 Å². The fourth-order valence-electron chi connectivity index (χ4n) is 9.97. The molecule has 6 rings (SSSR count). The predicted octanol–water partition coefficient (Wildman–Crippen LogP) is 2.84. The molecule has 2 saturated heterocycles. The third kappa shape index (κ3) is 6.63. The van der Waals surface area contributed by atoms with E-state index in [0.717, 1.165) is 6.92 Å². The maximum absolute atomic E-state index is 15.1. The number of carbonyl (C=O) groups is 6. The van der Waals surface area contributed by atoms with Gasteiger partial charge in [0.25, 0.3) is 0 Å². The van der Waals surface area contributed by atoms with Gasteiger partial charge in [-0.2, -0.15) is 0 Å². The second kappa shape index (κ2) is 14.9. The molecule has 58 heavy (non-hydrogen) atoms. The zero-order valence-electron chi connectivity index (χ0n) is 34.1. The summed E-state index contributed by atoms with van der Waals surface area (Å²) in [7, 11) is 0. The van der Waals surface area contributed by atoms with Gasteiger partial charge < -0.3 is 53.8 Å². The van der Waals surface area contributed by atoms with Gasteiger partial charge in [-0.15, -0.1) is 0 Å². The van der Waals surface area contributed by atoms with Crippen molar-refractivity contribution in [2.24, 2.45) is 16.7 Å². The lowest BCUT2D eigenvalue weighted by Gasteiger charge is -2.67. The number of ketones is 1. The molecule has 0 aromatic heterocycles. The van der Waals surface area contributed by atoms with Crippen LogP contribution in [0.1, 0.15) is 91.9 Å². The van der Waals surface area contributed by atoms with Crippen molar-refractivity contribution in [1.29, 1.82) is 0 Å². The molecule has 12 atom stereocenters. The van der Waals surface area contributed by atoms with Gasteiger partial charge in [-0.1, -0.05) is 45.4 Å². The molecule has 0 radical (unpaired) electrons. The van der Waals surface area contributed by atoms with E-state index in [1.54, 1.807) is 45.9 Å². The van der Waals surface area contributed by atoms with E-state index in [2.05, 4.69) is 5.32 Å². The first-order valence-electron chi connectivity index (χ1n) is 19.4. The van der Waals surface area contributed by atoms with Gasteiger partial charge in [0.1, 0.15) is 17.8 Å². The first kappa shape index (κ1) is 43.0. The molecule has 4 fully saturated rings. The van der Waals surface area contributed by atoms with Crippen molar-refractivity contribution in [1.82, 2.24) is 5.32 Å². The van der Waals surface area contributed by atoms with Gasteiger partial charge in [0.2, 0.25) is 5.60 Å². The Kier molecular flexibility index (Phi) is 11.1. The van der Waals surface area contributed by atoms with Crippen LogP contribution in [0.15, 0.2) is 41.5 Å². The molecule has 4 N–H and O–H groups in total. The highest BCUT2D eigenvalue weighted by molar-refractivity contribution is 5.94. The summed E-state index contributed by atoms with van der Waals surface area (Å²) < 4.78 is 41.7. The second-order valence-corrected chi connectivity index (χ2v) is 17.6. The molecular weight excluding hydrogens is 762 g/mol. The Morgan fingerprint density at radius 3 is 2.26 bits per heavy atom. The van der Waals surface area contributed by atoms with Crippen molar-refractivity contribution in [2.45, 2.75) is 147 Å². The zero-order valence-corrected chi connectivity index (χ0v) is 34.1. The average Bonchev–Trinajstić information content (AvgIpc) is 3.50. The molecule has 3 aliphatic carbocycles. The monoisotopic (exact) mass is 815 g/mol. The number of hydrogen-bond donors (Lipinski definition) is 4. The van der Waals surface area contributed by atoms with E-state index in [9.17, 15) is 39.3 Å². The third-order valence-electron chi connectivity index (χ3n) is 12.6. The SMILES string of the molecule is CCC[C@H](NC(=O)OC(C)(C)C)[C@@H](O)C(=O)O[C@@H]1C(C)=C2[C@@H](O)C(=O)[C@@]3(C)C([C@H](OC(=O)c4ccccc4)[C@@]4(OC(=O)O[C@@H]14)C2(C)C)[C@]1(OC(C)=O)CO[C@@H]1C[C@@H]3O. The van der Waals surface area contributed by atoms with Crippen molar-refractivity contribution in [3.05, 3.63) is 47.0 Å². The topological polar surface area (TPSA) is 240 Å². The number of ether oxygens (including phenoxy) is 7. The second-order valence-electron chi connectivity index (χ2n) is 17.6. The van der Waals surface area contributed by atoms with E-state index in [1.807, 2.05) is 0 Å². The fourth-order valence-corrected chi connectivity index (χ4v) is 9.97. The first-order chi connectivity index (χ1) is 27.0. The molecule has 2 aliphatic heterocycles. The van der Waals surface area contributed by atoms with Crippen molar-refractivity contribution < 1.29 is 77.2 Å². The van der Waals surface area contributed by atoms with Gasteiger partial charge in [0.15, 0.2) is 35.8 Å². The van der Waals surface area contributed by atoms with Crippen LogP contribution in [0.25, 0.3) is 0 Å². The van der Waals surface area contributed by atoms with Gasteiger partial charge in [0.05, 0.1) is 35.6 Å². The quantitative estimate of drug-likeness (QED) is 0.159. The van der Waals surface area contributed by atoms with E-state index in [1.165, 1.54) is 39.8 Å². The minimum Gasteiger partial charge on any atom is -0.454 e. The van der Waals surface area contributed by atoms with Crippen molar-refractivity contribution in [3.8, 4) is 0 Å². The number of carbonyl (C=O) groups excluding carboxylic acids is 6. The number of amides is 1. The van der Waals surface area contributed by atoms with Gasteiger partial charge in [0, 0.05) is 18.8 Å². The number of Topliss-reactive ketones (excluding diaryl/α,β-unsaturated/α-hetero) is 1. The highest BCUT2D eigenvalue weighted by Gasteiger charge is 2.83. The van der Waals surface area contributed by atoms with Gasteiger partial charge in [-0.05, 0) is 64.3 Å². The van der Waals surface area contributed by atoms with E-state index in [0.29, 0.717) is 6.42 Å². The summed E-state index contributed by atoms with van der Waals surface area (Å²) in [6.07, 6.45) is -13.9. The van der Waals surface area contributed by atoms with Gasteiger partial charge >= 0.3 is 30.2 Å². The van der Waals surface area contributed by atoms with Crippen LogP contribution in [-0.2, 0) is 47.5 Å². The highest BCUT2D eigenvalue weighted by atomic mass is 16.8. The van der Waals surface area contributed by atoms with Crippen LogP contribution in [0.4, 0.5) is 9.59 Å². The minimum atomic E-state index is -2.31. The molecular formula is C41H53NO16. The number of aliphatic hydroxyl groups excluding tert-OH is 3. The summed E-state index contributed by atoms with van der Waals surface area (Å²) in [5, 5.41) is 38.1. The van der Waals surface area contributed by atoms with Crippen LogP contribution in [0.3, 0.4) is 0 Å². The Morgan fingerprint density at radius 2 is 1.69 bits per heavy atom. The fraction of sp³-hybridized carbons (Fsp3) is 0.659. The lowest BCUT2D eigenvalue weighted by atomic mass is 9.44. The summed E-state index contributed by atoms with van der Waals surface area (Å²) in [6.45, 7) is 13.4. The summed E-state index contributed by atoms with van der Waals surface area (Å²) >= 11 is 0. The van der Waals surface area contributed by atoms with E-state index in [-0.39, 0.29) is 36.2 Å². The molecule has 1 aromatic carbocycles. The maximum atomic E-state index is 15.1. The van der Waals surface area contributed by atoms with Crippen LogP contribution in [0.5, 0.6) is 0 Å². The lowest BCUT2D eigenvalue weighted by Crippen LogP contribution is -2.83. The summed E-state index contributed by atoms with van der Waals surface area (Å²) in [5.74, 6) is -5.58. The standard InChI is InChI=1S/C41H53NO16/c1-10-14-22(42-35(50)57-37(4,5)6)26(45)34(49)53-28-19(2)25-27(46)30(47)39(9)23(44)17-24-40(18-52-24,56-20(3)43)29(39)32(54-33(48)21-15-12-11-13-16-21)41(38(25,7)8)31(28)55-36(51)58-41/h11-13,15-16,22-24,26-29,31-32,44-46H,10,14,17-18H2,1-9H3,(H,42,50)/t22-,23-,24+,26+,27+,28+,29?,31-,32-,39+,40-,41+/m0/s1. The van der Waals surface area contributed by atoms with Gasteiger partial charge in [-0.3, -0.25) is 9.59 Å². The number of rotatable bonds is 9. The summed E-state index contributed by atoms with van der Waals surface area (Å²) in [6, 6.07) is 6.54. The molecule has 1 aromatic rings. The predicted molar refractivity (Wildman–Crippen MR) is 198 cm³/mol. The van der Waals surface area contributed by atoms with Crippen LogP contribution in [0.2, 0.25) is 0 Å². The molecule has 1 spiro atoms. The largest absolute Gasteiger partial charge is 0.509 e. The Balaban J connectivity index is 1.56. The Bertz CT molecular complexity index is 1890. The van der Waals surface area contributed by atoms with Crippen LogP contribution >= 0.6 is 0 Å². The van der Waals surface area contributed by atoms with Crippen LogP contribution in [0, 0.1) is 16.7 Å². The molecule has 5 aliphatic rings. The van der Waals surface area contributed by atoms with Crippen molar-refractivity contribution >= 4 is 35.9 Å². The smallest absolute Gasteiger partial charge is 0.454 e. The van der Waals surface area contributed by atoms with Crippen molar-refractivity contribution in [3.63, 3.8) is 0 Å². The highest BCUT2D eigenvalue weighted by Crippen LogP contribution is 2.66. The Morgan fingerprint density at radius 1 is 1.03 bits per heavy atom. The number of fused-ring (bicyclic) bond motifs is 4. The molecule has 17 heteroatoms. The normalized spacial score (nSPS) is 35.8. The number of aliphatic hydroxyl groups is 3. The van der Waals surface area contributed by atoms with Gasteiger partial charge in [-0.25, -0.2) is 19.2 Å². The minimum absolute atomic E-state index is 0.0394. The average molecular weight is 816 g/mol. The molecule has 1 amide bonds. The molecule has 1 unspecified atom stereocenters. The summed E-state index contributed by atoms with van der Waals surface area (Å²) in [4.78, 5) is 82.8. The third-order valence-corrected chi connectivity index (χ3v) is 12.6. The first-order valence-corrected chi connectivity index (χ1v) is 19.4. The number of alkyl carbamates (subject to hydrolysis) is 1. The Labute approximate surface area is 335 Å². The molecule has 2 heterocycles. The number of esters is 3.